The second-order valence-electron chi connectivity index (χ2n) is 7.03. The van der Waals surface area contributed by atoms with Gasteiger partial charge in [0.25, 0.3) is 5.91 Å². The molecule has 4 aromatic rings. The topological polar surface area (TPSA) is 51.2 Å². The number of rotatable bonds is 7. The van der Waals surface area contributed by atoms with Crippen molar-refractivity contribution >= 4 is 17.2 Å². The van der Waals surface area contributed by atoms with Gasteiger partial charge in [-0.1, -0.05) is 18.2 Å². The highest BCUT2D eigenvalue weighted by atomic mass is 32.1. The lowest BCUT2D eigenvalue weighted by atomic mass is 10.2. The summed E-state index contributed by atoms with van der Waals surface area (Å²) in [4.78, 5) is 16.5. The summed E-state index contributed by atoms with van der Waals surface area (Å²) in [5.41, 5.74) is 1.30. The maximum absolute atomic E-state index is 14.6. The van der Waals surface area contributed by atoms with Crippen LogP contribution in [0.3, 0.4) is 0 Å². The Morgan fingerprint density at radius 1 is 0.909 bits per heavy atom. The van der Waals surface area contributed by atoms with Crippen molar-refractivity contribution in [3.05, 3.63) is 106 Å². The minimum Gasteiger partial charge on any atom is -0.489 e. The van der Waals surface area contributed by atoms with E-state index in [2.05, 4.69) is 10.3 Å². The summed E-state index contributed by atoms with van der Waals surface area (Å²) in [7, 11) is 0. The molecule has 0 bridgehead atoms. The highest BCUT2D eigenvalue weighted by Crippen LogP contribution is 2.29. The van der Waals surface area contributed by atoms with E-state index in [1.807, 2.05) is 0 Å². The summed E-state index contributed by atoms with van der Waals surface area (Å²) >= 11 is 1.10. The number of amides is 1. The Bertz CT molecular complexity index is 1310. The number of hydrogen-bond donors (Lipinski definition) is 1. The Kier molecular flexibility index (Phi) is 6.69. The molecule has 3 aromatic carbocycles. The maximum Gasteiger partial charge on any atom is 0.271 e. The minimum absolute atomic E-state index is 0.0666. The van der Waals surface area contributed by atoms with E-state index >= 15 is 0 Å². The Morgan fingerprint density at radius 3 is 2.52 bits per heavy atom. The van der Waals surface area contributed by atoms with Crippen molar-refractivity contribution in [3.8, 4) is 16.3 Å². The van der Waals surface area contributed by atoms with Gasteiger partial charge in [0.05, 0.1) is 0 Å². The van der Waals surface area contributed by atoms with Crippen LogP contribution in [0.2, 0.25) is 0 Å². The number of thiazole rings is 1. The molecular formula is C24H16F4N2O2S. The lowest BCUT2D eigenvalue weighted by molar-refractivity contribution is 0.0946. The molecule has 1 heterocycles. The van der Waals surface area contributed by atoms with Crippen molar-refractivity contribution in [1.29, 1.82) is 0 Å². The van der Waals surface area contributed by atoms with Crippen molar-refractivity contribution in [1.82, 2.24) is 10.3 Å². The van der Waals surface area contributed by atoms with Crippen molar-refractivity contribution in [2.45, 2.75) is 13.2 Å². The molecule has 168 valence electrons. The largest absolute Gasteiger partial charge is 0.489 e. The first kappa shape index (κ1) is 22.5. The summed E-state index contributed by atoms with van der Waals surface area (Å²) in [5, 5.41) is 4.45. The Labute approximate surface area is 190 Å². The Morgan fingerprint density at radius 2 is 1.76 bits per heavy atom. The SMILES string of the molecule is O=C(NCc1cccc(F)c1)c1csc(-c2ccc(OCc3ccc(F)c(F)c3)cc2F)n1. The number of ether oxygens (including phenoxy) is 1. The number of halogens is 4. The van der Waals surface area contributed by atoms with Crippen LogP contribution >= 0.6 is 11.3 Å². The first-order valence-electron chi connectivity index (χ1n) is 9.74. The average molecular weight is 472 g/mol. The zero-order chi connectivity index (χ0) is 23.4. The lowest BCUT2D eigenvalue weighted by Crippen LogP contribution is -2.23. The van der Waals surface area contributed by atoms with Gasteiger partial charge in [-0.05, 0) is 47.5 Å². The van der Waals surface area contributed by atoms with Crippen molar-refractivity contribution < 1.29 is 27.1 Å². The summed E-state index contributed by atoms with van der Waals surface area (Å²) in [5.74, 6) is -3.22. The first-order valence-corrected chi connectivity index (χ1v) is 10.6. The fourth-order valence-corrected chi connectivity index (χ4v) is 3.80. The molecule has 1 aromatic heterocycles. The normalized spacial score (nSPS) is 10.8. The monoisotopic (exact) mass is 472 g/mol. The van der Waals surface area contributed by atoms with Crippen molar-refractivity contribution in [3.63, 3.8) is 0 Å². The fraction of sp³-hybridized carbons (Fsp3) is 0.0833. The molecule has 4 rings (SSSR count). The van der Waals surface area contributed by atoms with Crippen LogP contribution in [0.4, 0.5) is 17.6 Å². The number of nitrogens with one attached hydrogen (secondary N) is 1. The fourth-order valence-electron chi connectivity index (χ4n) is 2.98. The van der Waals surface area contributed by atoms with Crippen molar-refractivity contribution in [2.24, 2.45) is 0 Å². The molecule has 1 amide bonds. The van der Waals surface area contributed by atoms with Gasteiger partial charge in [0, 0.05) is 23.6 Å². The van der Waals surface area contributed by atoms with E-state index in [0.29, 0.717) is 16.1 Å². The third kappa shape index (κ3) is 5.56. The quantitative estimate of drug-likeness (QED) is 0.342. The first-order chi connectivity index (χ1) is 15.9. The number of aromatic nitrogens is 1. The van der Waals surface area contributed by atoms with E-state index in [4.69, 9.17) is 4.74 Å². The molecule has 33 heavy (non-hydrogen) atoms. The molecule has 4 nitrogen and oxygen atoms in total. The molecule has 0 saturated carbocycles. The van der Waals surface area contributed by atoms with Gasteiger partial charge in [0.1, 0.15) is 34.7 Å². The van der Waals surface area contributed by atoms with Gasteiger partial charge < -0.3 is 10.1 Å². The smallest absolute Gasteiger partial charge is 0.271 e. The average Bonchev–Trinajstić information content (AvgIpc) is 3.28. The summed E-state index contributed by atoms with van der Waals surface area (Å²) in [6.07, 6.45) is 0. The van der Waals surface area contributed by atoms with Gasteiger partial charge in [-0.25, -0.2) is 22.5 Å². The van der Waals surface area contributed by atoms with Gasteiger partial charge in [-0.15, -0.1) is 11.3 Å². The van der Waals surface area contributed by atoms with Crippen LogP contribution in [0.25, 0.3) is 10.6 Å². The molecule has 0 aliphatic heterocycles. The number of nitrogens with zero attached hydrogens (tertiary/aromatic N) is 1. The van der Waals surface area contributed by atoms with E-state index in [1.54, 1.807) is 12.1 Å². The van der Waals surface area contributed by atoms with Gasteiger partial charge in [-0.3, -0.25) is 4.79 Å². The maximum atomic E-state index is 14.6. The zero-order valence-corrected chi connectivity index (χ0v) is 17.8. The van der Waals surface area contributed by atoms with E-state index in [-0.39, 0.29) is 30.2 Å². The summed E-state index contributed by atoms with van der Waals surface area (Å²) in [6, 6.07) is 13.4. The minimum atomic E-state index is -0.989. The predicted octanol–water partition coefficient (Wildman–Crippen LogP) is 5.88. The van der Waals surface area contributed by atoms with E-state index < -0.39 is 29.2 Å². The van der Waals surface area contributed by atoms with Crippen LogP contribution in [0.15, 0.2) is 66.0 Å². The second-order valence-corrected chi connectivity index (χ2v) is 7.89. The molecular weight excluding hydrogens is 456 g/mol. The zero-order valence-electron chi connectivity index (χ0n) is 16.9. The van der Waals surface area contributed by atoms with Crippen LogP contribution in [0.1, 0.15) is 21.6 Å². The van der Waals surface area contributed by atoms with Crippen LogP contribution < -0.4 is 10.1 Å². The van der Waals surface area contributed by atoms with Crippen molar-refractivity contribution in [2.75, 3.05) is 0 Å². The van der Waals surface area contributed by atoms with Gasteiger partial charge in [-0.2, -0.15) is 0 Å². The van der Waals surface area contributed by atoms with Gasteiger partial charge in [0.15, 0.2) is 11.6 Å². The highest BCUT2D eigenvalue weighted by Gasteiger charge is 2.15. The standard InChI is InChI=1S/C24H16F4N2O2S/c25-16-3-1-2-14(8-16)11-29-23(31)22-13-33-24(30-22)18-6-5-17(10-20(18)27)32-12-15-4-7-19(26)21(28)9-15/h1-10,13H,11-12H2,(H,29,31). The molecule has 0 saturated heterocycles. The van der Waals surface area contributed by atoms with Gasteiger partial charge in [0.2, 0.25) is 0 Å². The second kappa shape index (κ2) is 9.83. The predicted molar refractivity (Wildman–Crippen MR) is 116 cm³/mol. The molecule has 0 radical (unpaired) electrons. The van der Waals surface area contributed by atoms with Crippen LogP contribution in [-0.4, -0.2) is 10.9 Å². The van der Waals surface area contributed by atoms with E-state index in [9.17, 15) is 22.4 Å². The third-order valence-corrected chi connectivity index (χ3v) is 5.51. The van der Waals surface area contributed by atoms with Crippen LogP contribution in [0, 0.1) is 23.3 Å². The highest BCUT2D eigenvalue weighted by molar-refractivity contribution is 7.13. The summed E-state index contributed by atoms with van der Waals surface area (Å²) < 4.78 is 59.6. The lowest BCUT2D eigenvalue weighted by Gasteiger charge is -2.08. The molecule has 9 heteroatoms. The van der Waals surface area contributed by atoms with E-state index in [0.717, 1.165) is 29.5 Å². The molecule has 0 unspecified atom stereocenters. The van der Waals surface area contributed by atoms with Crippen LogP contribution in [-0.2, 0) is 13.2 Å². The Hall–Kier alpha value is -3.72. The number of benzene rings is 3. The number of hydrogen-bond acceptors (Lipinski definition) is 4. The number of carbonyl (C=O) groups excluding carboxylic acids is 1. The third-order valence-electron chi connectivity index (χ3n) is 4.64. The summed E-state index contributed by atoms with van der Waals surface area (Å²) in [6.45, 7) is 0.0602. The van der Waals surface area contributed by atoms with E-state index in [1.165, 1.54) is 35.7 Å². The van der Waals surface area contributed by atoms with Gasteiger partial charge >= 0.3 is 0 Å². The molecule has 0 aliphatic rings. The Balaban J connectivity index is 1.40. The molecule has 0 fully saturated rings. The number of carbonyl (C=O) groups is 1. The molecule has 0 aliphatic carbocycles. The molecule has 1 N–H and O–H groups in total. The van der Waals surface area contributed by atoms with Crippen LogP contribution in [0.5, 0.6) is 5.75 Å². The molecule has 0 spiro atoms. The molecule has 0 atom stereocenters.